The molecule has 1 aromatic heterocycles. The molecule has 0 bridgehead atoms. The van der Waals surface area contributed by atoms with E-state index in [4.69, 9.17) is 0 Å². The smallest absolute Gasteiger partial charge is 0.328 e. The summed E-state index contributed by atoms with van der Waals surface area (Å²) >= 11 is 0. The quantitative estimate of drug-likeness (QED) is 0.741. The third-order valence-electron chi connectivity index (χ3n) is 4.56. The van der Waals surface area contributed by atoms with Gasteiger partial charge in [-0.2, -0.15) is 0 Å². The Bertz CT molecular complexity index is 862. The van der Waals surface area contributed by atoms with Gasteiger partial charge in [-0.1, -0.05) is 0 Å². The van der Waals surface area contributed by atoms with Crippen molar-refractivity contribution in [1.82, 2.24) is 20.2 Å². The first kappa shape index (κ1) is 16.4. The van der Waals surface area contributed by atoms with Crippen LogP contribution >= 0.6 is 0 Å². The molecule has 7 heteroatoms. The maximum Gasteiger partial charge on any atom is 0.328 e. The molecule has 2 aromatic rings. The molecular weight excluding hydrogens is 308 g/mol. The molecule has 3 N–H and O–H groups in total. The number of hydrogen-bond acceptors (Lipinski definition) is 4. The average Bonchev–Trinajstić information content (AvgIpc) is 3.08. The fraction of sp³-hybridized carbons (Fsp3) is 0.471. The molecule has 1 aliphatic heterocycles. The number of amides is 1. The molecule has 128 valence electrons. The van der Waals surface area contributed by atoms with Gasteiger partial charge in [0.2, 0.25) is 0 Å². The molecule has 1 unspecified atom stereocenters. The minimum absolute atomic E-state index is 0.191. The molecule has 1 saturated heterocycles. The Balaban J connectivity index is 1.76. The van der Waals surface area contributed by atoms with Gasteiger partial charge in [-0.05, 0) is 57.0 Å². The van der Waals surface area contributed by atoms with Crippen LogP contribution in [0.1, 0.15) is 30.1 Å². The molecule has 0 saturated carbocycles. The summed E-state index contributed by atoms with van der Waals surface area (Å²) < 4.78 is 1.14. The molecule has 1 amide bonds. The zero-order chi connectivity index (χ0) is 17.1. The van der Waals surface area contributed by atoms with Crippen molar-refractivity contribution in [3.63, 3.8) is 0 Å². The highest BCUT2D eigenvalue weighted by atomic mass is 16.2. The van der Waals surface area contributed by atoms with Gasteiger partial charge < -0.3 is 15.6 Å². The molecule has 0 aliphatic carbocycles. The van der Waals surface area contributed by atoms with E-state index in [-0.39, 0.29) is 11.5 Å². The summed E-state index contributed by atoms with van der Waals surface area (Å²) in [4.78, 5) is 39.0. The van der Waals surface area contributed by atoms with Crippen LogP contribution in [0.15, 0.2) is 27.8 Å². The standard InChI is InChI=1S/C17H22N4O3/c1-2-21-16(23)13-4-3-12(9-14(13)20-17(21)24)15(22)19-8-6-11-5-7-18-10-11/h3-4,9,11,18H,2,5-8,10H2,1H3,(H,19,22)(H,20,24). The van der Waals surface area contributed by atoms with Crippen LogP contribution < -0.4 is 21.9 Å². The Morgan fingerprint density at radius 1 is 1.38 bits per heavy atom. The van der Waals surface area contributed by atoms with Crippen LogP contribution in [0.3, 0.4) is 0 Å². The maximum absolute atomic E-state index is 12.3. The fourth-order valence-electron chi connectivity index (χ4n) is 3.14. The number of aromatic amines is 1. The topological polar surface area (TPSA) is 96.0 Å². The van der Waals surface area contributed by atoms with Gasteiger partial charge in [0.15, 0.2) is 0 Å². The van der Waals surface area contributed by atoms with Gasteiger partial charge in [0.1, 0.15) is 0 Å². The Kier molecular flexibility index (Phi) is 4.80. The lowest BCUT2D eigenvalue weighted by Crippen LogP contribution is -2.34. The highest BCUT2D eigenvalue weighted by Gasteiger charge is 2.15. The number of H-pyrrole nitrogens is 1. The zero-order valence-electron chi connectivity index (χ0n) is 13.7. The molecular formula is C17H22N4O3. The second-order valence-corrected chi connectivity index (χ2v) is 6.14. The van der Waals surface area contributed by atoms with Gasteiger partial charge in [0.05, 0.1) is 10.9 Å². The van der Waals surface area contributed by atoms with Crippen LogP contribution in [0.4, 0.5) is 0 Å². The molecule has 0 radical (unpaired) electrons. The van der Waals surface area contributed by atoms with Crippen LogP contribution in [0.25, 0.3) is 10.9 Å². The molecule has 1 atom stereocenters. The van der Waals surface area contributed by atoms with Crippen molar-refractivity contribution in [2.24, 2.45) is 5.92 Å². The molecule has 0 spiro atoms. The minimum Gasteiger partial charge on any atom is -0.352 e. The summed E-state index contributed by atoms with van der Waals surface area (Å²) in [6.07, 6.45) is 2.10. The van der Waals surface area contributed by atoms with E-state index in [2.05, 4.69) is 15.6 Å². The van der Waals surface area contributed by atoms with Crippen molar-refractivity contribution in [2.75, 3.05) is 19.6 Å². The number of nitrogens with zero attached hydrogens (tertiary/aromatic N) is 1. The van der Waals surface area contributed by atoms with E-state index in [1.54, 1.807) is 25.1 Å². The van der Waals surface area contributed by atoms with Gasteiger partial charge in [0, 0.05) is 18.7 Å². The number of rotatable bonds is 5. The number of carbonyl (C=O) groups excluding carboxylic acids is 1. The maximum atomic E-state index is 12.3. The van der Waals surface area contributed by atoms with Crippen molar-refractivity contribution in [1.29, 1.82) is 0 Å². The largest absolute Gasteiger partial charge is 0.352 e. The van der Waals surface area contributed by atoms with Crippen molar-refractivity contribution < 1.29 is 4.79 Å². The summed E-state index contributed by atoms with van der Waals surface area (Å²) in [5.74, 6) is 0.425. The normalized spacial score (nSPS) is 17.3. The Hall–Kier alpha value is -2.41. The van der Waals surface area contributed by atoms with E-state index >= 15 is 0 Å². The first-order valence-electron chi connectivity index (χ1n) is 8.36. The number of aromatic nitrogens is 2. The van der Waals surface area contributed by atoms with Crippen LogP contribution in [-0.4, -0.2) is 35.1 Å². The van der Waals surface area contributed by atoms with E-state index in [0.29, 0.717) is 35.5 Å². The van der Waals surface area contributed by atoms with Gasteiger partial charge in [-0.15, -0.1) is 0 Å². The van der Waals surface area contributed by atoms with E-state index in [9.17, 15) is 14.4 Å². The van der Waals surface area contributed by atoms with E-state index in [1.165, 1.54) is 0 Å². The number of benzene rings is 1. The first-order valence-corrected chi connectivity index (χ1v) is 8.36. The summed E-state index contributed by atoms with van der Waals surface area (Å²) in [6.45, 7) is 4.73. The lowest BCUT2D eigenvalue weighted by molar-refractivity contribution is 0.0952. The summed E-state index contributed by atoms with van der Waals surface area (Å²) in [5.41, 5.74) is 0.0388. The minimum atomic E-state index is -0.457. The van der Waals surface area contributed by atoms with Crippen molar-refractivity contribution in [3.8, 4) is 0 Å². The average molecular weight is 330 g/mol. The number of carbonyl (C=O) groups is 1. The predicted molar refractivity (Wildman–Crippen MR) is 92.4 cm³/mol. The summed E-state index contributed by atoms with van der Waals surface area (Å²) in [5, 5.41) is 6.61. The zero-order valence-corrected chi connectivity index (χ0v) is 13.7. The molecule has 1 aliphatic rings. The van der Waals surface area contributed by atoms with Crippen molar-refractivity contribution in [3.05, 3.63) is 44.6 Å². The van der Waals surface area contributed by atoms with Gasteiger partial charge in [0.25, 0.3) is 11.5 Å². The van der Waals surface area contributed by atoms with Gasteiger partial charge >= 0.3 is 5.69 Å². The monoisotopic (exact) mass is 330 g/mol. The van der Waals surface area contributed by atoms with Crippen molar-refractivity contribution >= 4 is 16.8 Å². The number of hydrogen-bond donors (Lipinski definition) is 3. The van der Waals surface area contributed by atoms with Crippen molar-refractivity contribution in [2.45, 2.75) is 26.3 Å². The summed E-state index contributed by atoms with van der Waals surface area (Å²) in [6, 6.07) is 4.77. The van der Waals surface area contributed by atoms with E-state index in [0.717, 1.165) is 30.5 Å². The van der Waals surface area contributed by atoms with Gasteiger partial charge in [-0.25, -0.2) is 4.79 Å². The Labute approximate surface area is 139 Å². The third kappa shape index (κ3) is 3.26. The van der Waals surface area contributed by atoms with Crippen LogP contribution in [-0.2, 0) is 6.54 Å². The highest BCUT2D eigenvalue weighted by molar-refractivity contribution is 5.97. The molecule has 24 heavy (non-hydrogen) atoms. The fourth-order valence-corrected chi connectivity index (χ4v) is 3.14. The first-order chi connectivity index (χ1) is 11.6. The lowest BCUT2D eigenvalue weighted by Gasteiger charge is -2.10. The predicted octanol–water partition coefficient (Wildman–Crippen LogP) is 0.439. The highest BCUT2D eigenvalue weighted by Crippen LogP contribution is 2.12. The molecule has 3 rings (SSSR count). The number of nitrogens with one attached hydrogen (secondary N) is 3. The van der Waals surface area contributed by atoms with E-state index in [1.807, 2.05) is 0 Å². The van der Waals surface area contributed by atoms with E-state index < -0.39 is 5.69 Å². The van der Waals surface area contributed by atoms with Gasteiger partial charge in [-0.3, -0.25) is 14.2 Å². The molecule has 2 heterocycles. The second-order valence-electron chi connectivity index (χ2n) is 6.14. The molecule has 7 nitrogen and oxygen atoms in total. The Morgan fingerprint density at radius 3 is 2.92 bits per heavy atom. The van der Waals surface area contributed by atoms with Crippen LogP contribution in [0, 0.1) is 5.92 Å². The van der Waals surface area contributed by atoms with Crippen LogP contribution in [0.5, 0.6) is 0 Å². The third-order valence-corrected chi connectivity index (χ3v) is 4.56. The Morgan fingerprint density at radius 2 is 2.21 bits per heavy atom. The second kappa shape index (κ2) is 7.00. The van der Waals surface area contributed by atoms with Crippen LogP contribution in [0.2, 0.25) is 0 Å². The lowest BCUT2D eigenvalue weighted by atomic mass is 10.1. The SMILES string of the molecule is CCn1c(=O)[nH]c2cc(C(=O)NCCC3CCNC3)ccc2c1=O. The molecule has 1 fully saturated rings. The molecule has 1 aromatic carbocycles. The summed E-state index contributed by atoms with van der Waals surface area (Å²) in [7, 11) is 0. The number of fused-ring (bicyclic) bond motifs is 1.